The molecule has 2 atom stereocenters. The van der Waals surface area contributed by atoms with Gasteiger partial charge in [-0.15, -0.1) is 0 Å². The average molecular weight is 428 g/mol. The average Bonchev–Trinajstić information content (AvgIpc) is 2.96. The van der Waals surface area contributed by atoms with Crippen molar-refractivity contribution in [3.63, 3.8) is 0 Å². The molecule has 1 fully saturated rings. The third kappa shape index (κ3) is 4.36. The number of rotatable bonds is 7. The highest BCUT2D eigenvalue weighted by atomic mass is 35.5. The number of urea groups is 1. The van der Waals surface area contributed by atoms with Gasteiger partial charge in [-0.3, -0.25) is 14.4 Å². The Labute approximate surface area is 179 Å². The number of imide groups is 2. The Kier molecular flexibility index (Phi) is 6.52. The molecular formula is C22H22ClN3O4. The van der Waals surface area contributed by atoms with E-state index in [2.05, 4.69) is 5.32 Å². The van der Waals surface area contributed by atoms with Crippen molar-refractivity contribution in [2.75, 3.05) is 6.54 Å². The number of amides is 5. The first-order valence-electron chi connectivity index (χ1n) is 9.62. The van der Waals surface area contributed by atoms with Gasteiger partial charge in [0.2, 0.25) is 5.91 Å². The van der Waals surface area contributed by atoms with E-state index in [4.69, 9.17) is 11.6 Å². The van der Waals surface area contributed by atoms with Crippen LogP contribution in [0.5, 0.6) is 0 Å². The van der Waals surface area contributed by atoms with Gasteiger partial charge in [-0.2, -0.15) is 0 Å². The summed E-state index contributed by atoms with van der Waals surface area (Å²) in [5.74, 6) is -2.47. The van der Waals surface area contributed by atoms with Gasteiger partial charge < -0.3 is 5.32 Å². The van der Waals surface area contributed by atoms with Gasteiger partial charge in [-0.05, 0) is 36.6 Å². The van der Waals surface area contributed by atoms with Crippen LogP contribution in [0.3, 0.4) is 0 Å². The Morgan fingerprint density at radius 2 is 1.60 bits per heavy atom. The summed E-state index contributed by atoms with van der Waals surface area (Å²) < 4.78 is 0. The highest BCUT2D eigenvalue weighted by molar-refractivity contribution is 6.45. The Balaban J connectivity index is 1.70. The van der Waals surface area contributed by atoms with Gasteiger partial charge in [-0.25, -0.2) is 14.6 Å². The van der Waals surface area contributed by atoms with Crippen LogP contribution in [-0.2, 0) is 14.4 Å². The zero-order chi connectivity index (χ0) is 21.8. The number of carbonyl (C=O) groups is 4. The maximum atomic E-state index is 12.8. The second kappa shape index (κ2) is 9.09. The Bertz CT molecular complexity index is 962. The van der Waals surface area contributed by atoms with E-state index < -0.39 is 36.3 Å². The number of nitrogens with zero attached hydrogens (tertiary/aromatic N) is 2. The van der Waals surface area contributed by atoms with E-state index in [0.717, 1.165) is 10.5 Å². The molecule has 3 rings (SSSR count). The number of carbonyl (C=O) groups excluding carboxylic acids is 4. The lowest BCUT2D eigenvalue weighted by molar-refractivity contribution is -0.144. The van der Waals surface area contributed by atoms with Crippen LogP contribution in [0.1, 0.15) is 43.5 Å². The predicted octanol–water partition coefficient (Wildman–Crippen LogP) is 3.46. The molecule has 5 amide bonds. The highest BCUT2D eigenvalue weighted by Crippen LogP contribution is 2.26. The summed E-state index contributed by atoms with van der Waals surface area (Å²) in [6.07, 6.45) is 0.603. The van der Waals surface area contributed by atoms with E-state index in [9.17, 15) is 19.2 Å². The van der Waals surface area contributed by atoms with Gasteiger partial charge in [0.25, 0.3) is 0 Å². The van der Waals surface area contributed by atoms with Crippen molar-refractivity contribution in [3.05, 3.63) is 70.7 Å². The number of halogens is 1. The van der Waals surface area contributed by atoms with Gasteiger partial charge in [0.05, 0.1) is 12.1 Å². The zero-order valence-electron chi connectivity index (χ0n) is 16.7. The molecule has 1 N–H and O–H groups in total. The van der Waals surface area contributed by atoms with Gasteiger partial charge in [0, 0.05) is 5.02 Å². The van der Waals surface area contributed by atoms with Crippen molar-refractivity contribution in [2.24, 2.45) is 0 Å². The molecule has 156 valence electrons. The van der Waals surface area contributed by atoms with Gasteiger partial charge in [0.1, 0.15) is 6.54 Å². The molecule has 2 aromatic rings. The third-order valence-corrected chi connectivity index (χ3v) is 5.32. The van der Waals surface area contributed by atoms with Crippen LogP contribution in [-0.4, -0.2) is 40.1 Å². The van der Waals surface area contributed by atoms with Gasteiger partial charge >= 0.3 is 17.8 Å². The van der Waals surface area contributed by atoms with E-state index in [0.29, 0.717) is 21.9 Å². The van der Waals surface area contributed by atoms with Crippen molar-refractivity contribution in [1.82, 2.24) is 15.1 Å². The largest absolute Gasteiger partial charge is 0.348 e. The first kappa shape index (κ1) is 21.5. The Hall–Kier alpha value is -3.19. The minimum atomic E-state index is -1.00. The second-order valence-corrected chi connectivity index (χ2v) is 7.45. The molecule has 1 aliphatic rings. The lowest BCUT2D eigenvalue weighted by atomic mass is 10.0. The van der Waals surface area contributed by atoms with E-state index in [1.54, 1.807) is 55.5 Å². The molecule has 8 heteroatoms. The van der Waals surface area contributed by atoms with Crippen LogP contribution in [0, 0.1) is 0 Å². The number of hydrogen-bond acceptors (Lipinski definition) is 4. The summed E-state index contributed by atoms with van der Waals surface area (Å²) >= 11 is 5.90. The molecule has 0 bridgehead atoms. The molecule has 1 aliphatic heterocycles. The van der Waals surface area contributed by atoms with E-state index in [1.807, 2.05) is 13.0 Å². The summed E-state index contributed by atoms with van der Waals surface area (Å²) in [6, 6.07) is 14.2. The number of hydrogen-bond donors (Lipinski definition) is 1. The van der Waals surface area contributed by atoms with Crippen molar-refractivity contribution >= 4 is 35.4 Å². The van der Waals surface area contributed by atoms with E-state index in [-0.39, 0.29) is 6.04 Å². The maximum absolute atomic E-state index is 12.8. The van der Waals surface area contributed by atoms with Crippen molar-refractivity contribution in [1.29, 1.82) is 0 Å². The fraction of sp³-hybridized carbons (Fsp3) is 0.273. The van der Waals surface area contributed by atoms with Crippen LogP contribution in [0.25, 0.3) is 0 Å². The quantitative estimate of drug-likeness (QED) is 0.541. The van der Waals surface area contributed by atoms with Crippen molar-refractivity contribution < 1.29 is 19.2 Å². The summed E-state index contributed by atoms with van der Waals surface area (Å²) in [5.41, 5.74) is 1.57. The van der Waals surface area contributed by atoms with Crippen LogP contribution in [0.4, 0.5) is 4.79 Å². The molecular weight excluding hydrogens is 406 g/mol. The molecule has 30 heavy (non-hydrogen) atoms. The van der Waals surface area contributed by atoms with Gasteiger partial charge in [-0.1, -0.05) is 61.0 Å². The molecule has 2 aromatic carbocycles. The third-order valence-electron chi connectivity index (χ3n) is 5.07. The summed E-state index contributed by atoms with van der Waals surface area (Å²) in [4.78, 5) is 51.7. The Morgan fingerprint density at radius 1 is 0.967 bits per heavy atom. The summed E-state index contributed by atoms with van der Waals surface area (Å²) in [5, 5.41) is 3.39. The molecule has 1 saturated heterocycles. The van der Waals surface area contributed by atoms with Crippen LogP contribution < -0.4 is 5.32 Å². The fourth-order valence-electron chi connectivity index (χ4n) is 3.38. The lowest BCUT2D eigenvalue weighted by Crippen LogP contribution is -2.42. The highest BCUT2D eigenvalue weighted by Gasteiger charge is 2.47. The standard InChI is InChI=1S/C22H22ClN3O4/c1-3-18(16-9-11-17(23)12-10-16)24-19(27)13-25-20(28)21(29)26(22(25)30)14(2)15-7-5-4-6-8-15/h4-12,14,18H,3,13H2,1-2H3,(H,24,27)/t14-,18-/m1/s1. The summed E-state index contributed by atoms with van der Waals surface area (Å²) in [7, 11) is 0. The van der Waals surface area contributed by atoms with E-state index in [1.165, 1.54) is 0 Å². The molecule has 0 aliphatic carbocycles. The SMILES string of the molecule is CC[C@@H](NC(=O)CN1C(=O)C(=O)N([C@H](C)c2ccccc2)C1=O)c1ccc(Cl)cc1. The van der Waals surface area contributed by atoms with Crippen LogP contribution >= 0.6 is 11.6 Å². The number of nitrogens with one attached hydrogen (secondary N) is 1. The van der Waals surface area contributed by atoms with E-state index >= 15 is 0 Å². The monoisotopic (exact) mass is 427 g/mol. The molecule has 1 heterocycles. The topological polar surface area (TPSA) is 86.8 Å². The minimum Gasteiger partial charge on any atom is -0.348 e. The summed E-state index contributed by atoms with van der Waals surface area (Å²) in [6.45, 7) is 3.04. The van der Waals surface area contributed by atoms with Crippen molar-refractivity contribution in [2.45, 2.75) is 32.4 Å². The van der Waals surface area contributed by atoms with Gasteiger partial charge in [0.15, 0.2) is 0 Å². The molecule has 0 saturated carbocycles. The first-order valence-corrected chi connectivity index (χ1v) is 10.00. The minimum absolute atomic E-state index is 0.308. The predicted molar refractivity (Wildman–Crippen MR) is 111 cm³/mol. The first-order chi connectivity index (χ1) is 14.3. The fourth-order valence-corrected chi connectivity index (χ4v) is 3.51. The molecule has 0 aromatic heterocycles. The van der Waals surface area contributed by atoms with Crippen LogP contribution in [0.2, 0.25) is 5.02 Å². The second-order valence-electron chi connectivity index (χ2n) is 7.02. The maximum Gasteiger partial charge on any atom is 0.335 e. The smallest absolute Gasteiger partial charge is 0.335 e. The Morgan fingerprint density at radius 3 is 2.20 bits per heavy atom. The molecule has 0 unspecified atom stereocenters. The normalized spacial score (nSPS) is 16.0. The number of benzene rings is 2. The molecule has 0 spiro atoms. The molecule has 7 nitrogen and oxygen atoms in total. The molecule has 0 radical (unpaired) electrons. The van der Waals surface area contributed by atoms with Crippen LogP contribution in [0.15, 0.2) is 54.6 Å². The zero-order valence-corrected chi connectivity index (χ0v) is 17.4. The van der Waals surface area contributed by atoms with Crippen molar-refractivity contribution in [3.8, 4) is 0 Å². The lowest BCUT2D eigenvalue weighted by Gasteiger charge is -2.23.